The van der Waals surface area contributed by atoms with Crippen molar-refractivity contribution in [2.45, 2.75) is 97.2 Å². The summed E-state index contributed by atoms with van der Waals surface area (Å²) in [6, 6.07) is 0. The third kappa shape index (κ3) is 4.81. The Hall–Kier alpha value is -0.700. The Labute approximate surface area is 205 Å². The second-order valence-corrected chi connectivity index (χ2v) is 14.1. The van der Waals surface area contributed by atoms with Gasteiger partial charge in [0.2, 0.25) is 5.91 Å². The average Bonchev–Trinajstić information content (AvgIpc) is 3.11. The monoisotopic (exact) mass is 499 g/mol. The fourth-order valence-corrected chi connectivity index (χ4v) is 9.49. The van der Waals surface area contributed by atoms with Gasteiger partial charge in [0.15, 0.2) is 0 Å². The van der Waals surface area contributed by atoms with Crippen LogP contribution in [-0.2, 0) is 14.9 Å². The Morgan fingerprint density at radius 2 is 1.79 bits per heavy atom. The summed E-state index contributed by atoms with van der Waals surface area (Å²) in [4.78, 5) is 12.2. The summed E-state index contributed by atoms with van der Waals surface area (Å²) in [5, 5.41) is 24.5. The van der Waals surface area contributed by atoms with Gasteiger partial charge in [-0.1, -0.05) is 20.8 Å². The number of hydrogen-bond donors (Lipinski definition) is 4. The maximum Gasteiger partial charge on any atom is 0.266 e. The van der Waals surface area contributed by atoms with Gasteiger partial charge in [-0.15, -0.1) is 0 Å². The van der Waals surface area contributed by atoms with Crippen LogP contribution in [0.25, 0.3) is 0 Å². The Morgan fingerprint density at radius 1 is 1.06 bits per heavy atom. The normalized spacial score (nSPS) is 45.1. The van der Waals surface area contributed by atoms with Crippen LogP contribution >= 0.6 is 0 Å². The molecular formula is C26H45NO6S. The van der Waals surface area contributed by atoms with E-state index in [9.17, 15) is 23.4 Å². The molecule has 0 saturated heterocycles. The van der Waals surface area contributed by atoms with Crippen molar-refractivity contribution in [1.82, 2.24) is 5.32 Å². The van der Waals surface area contributed by atoms with Crippen molar-refractivity contribution in [2.75, 3.05) is 12.3 Å². The van der Waals surface area contributed by atoms with E-state index in [1.54, 1.807) is 0 Å². The molecule has 0 heterocycles. The number of nitrogens with one attached hydrogen (secondary N) is 1. The van der Waals surface area contributed by atoms with Crippen LogP contribution in [0.4, 0.5) is 0 Å². The van der Waals surface area contributed by atoms with Crippen LogP contribution in [0.5, 0.6) is 0 Å². The SMILES string of the molecule is C[C@H](CCC(=O)NCCS(=O)(=O)O)[C@H]1CCC2C3CCC4C[C@H](O)CC[C@]4(C)C3C[C@H](O)[C@@]21C. The summed E-state index contributed by atoms with van der Waals surface area (Å²) >= 11 is 0. The average molecular weight is 500 g/mol. The zero-order chi connectivity index (χ0) is 24.9. The van der Waals surface area contributed by atoms with Gasteiger partial charge in [-0.3, -0.25) is 9.35 Å². The Bertz CT molecular complexity index is 863. The molecule has 0 aliphatic heterocycles. The summed E-state index contributed by atoms with van der Waals surface area (Å²) in [6.45, 7) is 6.86. The third-order valence-corrected chi connectivity index (χ3v) is 11.7. The summed E-state index contributed by atoms with van der Waals surface area (Å²) in [6.07, 6.45) is 8.93. The van der Waals surface area contributed by atoms with Gasteiger partial charge in [-0.05, 0) is 104 Å². The van der Waals surface area contributed by atoms with Gasteiger partial charge in [-0.2, -0.15) is 8.42 Å². The van der Waals surface area contributed by atoms with E-state index in [1.807, 2.05) is 0 Å². The highest BCUT2D eigenvalue weighted by molar-refractivity contribution is 7.85. The second kappa shape index (κ2) is 9.64. The van der Waals surface area contributed by atoms with Crippen molar-refractivity contribution < 1.29 is 28.0 Å². The first-order valence-corrected chi connectivity index (χ1v) is 15.0. The first-order chi connectivity index (χ1) is 15.9. The third-order valence-electron chi connectivity index (χ3n) is 11.0. The van der Waals surface area contributed by atoms with Crippen molar-refractivity contribution in [2.24, 2.45) is 46.3 Å². The summed E-state index contributed by atoms with van der Waals surface area (Å²) in [5.41, 5.74) is 0.105. The van der Waals surface area contributed by atoms with Crippen molar-refractivity contribution in [3.8, 4) is 0 Å². The van der Waals surface area contributed by atoms with Crippen LogP contribution in [0.3, 0.4) is 0 Å². The van der Waals surface area contributed by atoms with Crippen LogP contribution in [0, 0.1) is 46.3 Å². The molecule has 4 aliphatic rings. The van der Waals surface area contributed by atoms with Gasteiger partial charge in [0.05, 0.1) is 18.0 Å². The van der Waals surface area contributed by atoms with Gasteiger partial charge in [0.25, 0.3) is 10.1 Å². The van der Waals surface area contributed by atoms with Crippen molar-refractivity contribution in [3.63, 3.8) is 0 Å². The van der Waals surface area contributed by atoms with Crippen molar-refractivity contribution in [3.05, 3.63) is 0 Å². The van der Waals surface area contributed by atoms with Crippen molar-refractivity contribution in [1.29, 1.82) is 0 Å². The largest absolute Gasteiger partial charge is 0.393 e. The van der Waals surface area contributed by atoms with E-state index in [1.165, 1.54) is 12.8 Å². The van der Waals surface area contributed by atoms with Crippen LogP contribution in [0.1, 0.15) is 85.0 Å². The zero-order valence-corrected chi connectivity index (χ0v) is 21.9. The van der Waals surface area contributed by atoms with Gasteiger partial charge in [-0.25, -0.2) is 0 Å². The quantitative estimate of drug-likeness (QED) is 0.398. The molecule has 0 aromatic rings. The van der Waals surface area contributed by atoms with E-state index in [-0.39, 0.29) is 35.5 Å². The molecule has 4 fully saturated rings. The molecule has 0 aromatic heterocycles. The smallest absolute Gasteiger partial charge is 0.266 e. The molecular weight excluding hydrogens is 454 g/mol. The molecule has 34 heavy (non-hydrogen) atoms. The standard InChI is InChI=1S/C26H45NO6S/c1-16(4-9-24(30)27-12-13-34(31,32)33)20-7-8-21-19-6-5-17-14-18(28)10-11-25(17,2)22(19)15-23(29)26(20,21)3/h16-23,28-29H,4-15H2,1-3H3,(H,27,30)(H,31,32,33)/t16-,17?,18-,19?,20-,21?,22?,23+,25+,26-/m1/s1. The van der Waals surface area contributed by atoms with E-state index in [2.05, 4.69) is 26.1 Å². The summed E-state index contributed by atoms with van der Waals surface area (Å²) in [7, 11) is -4.07. The molecule has 8 heteroatoms. The molecule has 4 saturated carbocycles. The molecule has 4 rings (SSSR count). The topological polar surface area (TPSA) is 124 Å². The number of hydrogen-bond acceptors (Lipinski definition) is 5. The van der Waals surface area contributed by atoms with Gasteiger partial charge in [0.1, 0.15) is 0 Å². The molecule has 7 nitrogen and oxygen atoms in total. The van der Waals surface area contributed by atoms with Crippen LogP contribution < -0.4 is 5.32 Å². The Kier molecular flexibility index (Phi) is 7.47. The predicted octanol–water partition coefficient (Wildman–Crippen LogP) is 3.40. The molecule has 4 N–H and O–H groups in total. The fraction of sp³-hybridized carbons (Fsp3) is 0.962. The zero-order valence-electron chi connectivity index (χ0n) is 21.1. The lowest BCUT2D eigenvalue weighted by Crippen LogP contribution is -2.58. The number of aliphatic hydroxyl groups is 2. The van der Waals surface area contributed by atoms with Crippen LogP contribution in [0.2, 0.25) is 0 Å². The maximum absolute atomic E-state index is 12.2. The first-order valence-electron chi connectivity index (χ1n) is 13.4. The summed E-state index contributed by atoms with van der Waals surface area (Å²) in [5.74, 6) is 2.28. The highest BCUT2D eigenvalue weighted by atomic mass is 32.2. The minimum absolute atomic E-state index is 0.0756. The van der Waals surface area contributed by atoms with Gasteiger partial charge >= 0.3 is 0 Å². The van der Waals surface area contributed by atoms with Gasteiger partial charge < -0.3 is 15.5 Å². The summed E-state index contributed by atoms with van der Waals surface area (Å²) < 4.78 is 30.5. The minimum atomic E-state index is -4.07. The van der Waals surface area contributed by atoms with E-state index in [0.717, 1.165) is 38.5 Å². The molecule has 4 aliphatic carbocycles. The molecule has 1 amide bonds. The minimum Gasteiger partial charge on any atom is -0.393 e. The maximum atomic E-state index is 12.2. The number of aliphatic hydroxyl groups excluding tert-OH is 2. The predicted molar refractivity (Wildman–Crippen MR) is 130 cm³/mol. The highest BCUT2D eigenvalue weighted by Crippen LogP contribution is 2.68. The van der Waals surface area contributed by atoms with E-state index in [4.69, 9.17) is 4.55 Å². The molecule has 4 unspecified atom stereocenters. The lowest BCUT2D eigenvalue weighted by Gasteiger charge is -2.62. The van der Waals surface area contributed by atoms with E-state index in [0.29, 0.717) is 48.3 Å². The second-order valence-electron chi connectivity index (χ2n) is 12.5. The molecule has 196 valence electrons. The number of amides is 1. The van der Waals surface area contributed by atoms with E-state index < -0.39 is 15.9 Å². The van der Waals surface area contributed by atoms with Gasteiger partial charge in [0, 0.05) is 13.0 Å². The van der Waals surface area contributed by atoms with Crippen LogP contribution in [-0.4, -0.2) is 53.6 Å². The first kappa shape index (κ1) is 26.4. The number of carbonyl (C=O) groups excluding carboxylic acids is 1. The number of fused-ring (bicyclic) bond motifs is 5. The van der Waals surface area contributed by atoms with Crippen LogP contribution in [0.15, 0.2) is 0 Å². The number of carbonyl (C=O) groups is 1. The number of rotatable bonds is 7. The van der Waals surface area contributed by atoms with Crippen molar-refractivity contribution >= 4 is 16.0 Å². The lowest BCUT2D eigenvalue weighted by atomic mass is 9.43. The molecule has 0 bridgehead atoms. The molecule has 0 spiro atoms. The van der Waals surface area contributed by atoms with E-state index >= 15 is 0 Å². The Balaban J connectivity index is 1.40. The molecule has 0 aromatic carbocycles. The fourth-order valence-electron chi connectivity index (χ4n) is 9.13. The molecule has 10 atom stereocenters. The highest BCUT2D eigenvalue weighted by Gasteiger charge is 2.63. The Morgan fingerprint density at radius 3 is 2.50 bits per heavy atom. The lowest BCUT2D eigenvalue weighted by molar-refractivity contribution is -0.174. The molecule has 0 radical (unpaired) electrons.